The number of carbonyl (C=O) groups excluding carboxylic acids is 2. The van der Waals surface area contributed by atoms with Gasteiger partial charge in [0.2, 0.25) is 11.8 Å². The van der Waals surface area contributed by atoms with Crippen molar-refractivity contribution in [3.05, 3.63) is 0 Å². The van der Waals surface area contributed by atoms with Gasteiger partial charge < -0.3 is 15.5 Å². The number of likely N-dealkylation sites (tertiary alicyclic amines) is 2. The highest BCUT2D eigenvalue weighted by molar-refractivity contribution is 5.81. The molecule has 2 aliphatic rings. The van der Waals surface area contributed by atoms with Crippen molar-refractivity contribution >= 4 is 11.8 Å². The summed E-state index contributed by atoms with van der Waals surface area (Å²) >= 11 is 0. The lowest BCUT2D eigenvalue weighted by molar-refractivity contribution is -0.139. The summed E-state index contributed by atoms with van der Waals surface area (Å²) in [4.78, 5) is 28.0. The molecule has 0 aromatic carbocycles. The summed E-state index contributed by atoms with van der Waals surface area (Å²) in [5, 5.41) is 0. The highest BCUT2D eigenvalue weighted by Gasteiger charge is 2.31. The summed E-state index contributed by atoms with van der Waals surface area (Å²) in [6.45, 7) is 4.42. The van der Waals surface area contributed by atoms with Crippen molar-refractivity contribution in [2.75, 3.05) is 19.6 Å². The van der Waals surface area contributed by atoms with Gasteiger partial charge in [-0.1, -0.05) is 13.3 Å². The van der Waals surface area contributed by atoms with Gasteiger partial charge in [0.15, 0.2) is 0 Å². The lowest BCUT2D eigenvalue weighted by atomic mass is 9.98. The fourth-order valence-corrected chi connectivity index (χ4v) is 3.28. The average molecular weight is 281 g/mol. The largest absolute Gasteiger partial charge is 0.341 e. The number of hydrogen-bond donors (Lipinski definition) is 1. The molecule has 0 aliphatic carbocycles. The third-order valence-electron chi connectivity index (χ3n) is 4.49. The first-order valence-electron chi connectivity index (χ1n) is 7.97. The quantitative estimate of drug-likeness (QED) is 0.839. The number of piperidine rings is 2. The van der Waals surface area contributed by atoms with Crippen molar-refractivity contribution in [2.45, 2.75) is 64.0 Å². The van der Waals surface area contributed by atoms with Crippen LogP contribution < -0.4 is 5.73 Å². The Morgan fingerprint density at radius 2 is 2.00 bits per heavy atom. The standard InChI is InChI=1S/C15H27N3O2/c1-2-5-13(16)15(20)17-10-7-12(8-11-17)18-9-4-3-6-14(18)19/h12-13H,2-11,16H2,1H3. The molecule has 1 unspecified atom stereocenters. The number of amides is 2. The minimum absolute atomic E-state index is 0.0790. The van der Waals surface area contributed by atoms with Crippen molar-refractivity contribution in [1.29, 1.82) is 0 Å². The predicted molar refractivity (Wildman–Crippen MR) is 78.0 cm³/mol. The Labute approximate surface area is 121 Å². The van der Waals surface area contributed by atoms with Gasteiger partial charge in [0.25, 0.3) is 0 Å². The van der Waals surface area contributed by atoms with E-state index in [-0.39, 0.29) is 11.9 Å². The Morgan fingerprint density at radius 3 is 2.60 bits per heavy atom. The SMILES string of the molecule is CCCC(N)C(=O)N1CCC(N2CCCCC2=O)CC1. The summed E-state index contributed by atoms with van der Waals surface area (Å²) in [6, 6.07) is -0.0255. The molecule has 2 rings (SSSR count). The molecule has 2 amide bonds. The van der Waals surface area contributed by atoms with Gasteiger partial charge in [0.1, 0.15) is 0 Å². The van der Waals surface area contributed by atoms with E-state index in [9.17, 15) is 9.59 Å². The summed E-state index contributed by atoms with van der Waals surface area (Å²) in [7, 11) is 0. The molecule has 0 spiro atoms. The monoisotopic (exact) mass is 281 g/mol. The average Bonchev–Trinajstić information content (AvgIpc) is 2.47. The second-order valence-electron chi connectivity index (χ2n) is 6.00. The molecule has 0 radical (unpaired) electrons. The minimum Gasteiger partial charge on any atom is -0.341 e. The topological polar surface area (TPSA) is 66.6 Å². The molecule has 114 valence electrons. The number of nitrogens with zero attached hydrogens (tertiary/aromatic N) is 2. The Balaban J connectivity index is 1.82. The number of nitrogens with two attached hydrogens (primary N) is 1. The molecule has 2 N–H and O–H groups in total. The molecule has 20 heavy (non-hydrogen) atoms. The number of hydrogen-bond acceptors (Lipinski definition) is 3. The molecule has 0 aromatic heterocycles. The second kappa shape index (κ2) is 7.07. The van der Waals surface area contributed by atoms with Gasteiger partial charge in [-0.2, -0.15) is 0 Å². The minimum atomic E-state index is -0.354. The van der Waals surface area contributed by atoms with Gasteiger partial charge in [0, 0.05) is 32.1 Å². The smallest absolute Gasteiger partial charge is 0.239 e. The van der Waals surface area contributed by atoms with Crippen LogP contribution in [0.2, 0.25) is 0 Å². The molecule has 2 aliphatic heterocycles. The van der Waals surface area contributed by atoms with Gasteiger partial charge >= 0.3 is 0 Å². The van der Waals surface area contributed by atoms with Crippen molar-refractivity contribution in [3.63, 3.8) is 0 Å². The predicted octanol–water partition coefficient (Wildman–Crippen LogP) is 1.12. The van der Waals surface area contributed by atoms with Crippen LogP contribution in [0.3, 0.4) is 0 Å². The van der Waals surface area contributed by atoms with E-state index in [0.29, 0.717) is 18.4 Å². The number of carbonyl (C=O) groups is 2. The maximum absolute atomic E-state index is 12.2. The van der Waals surface area contributed by atoms with Crippen LogP contribution in [0.5, 0.6) is 0 Å². The van der Waals surface area contributed by atoms with E-state index in [1.54, 1.807) is 0 Å². The van der Waals surface area contributed by atoms with Crippen LogP contribution in [0.25, 0.3) is 0 Å². The Bertz CT molecular complexity index is 351. The van der Waals surface area contributed by atoms with Crippen LogP contribution in [-0.4, -0.2) is 53.3 Å². The first-order valence-corrected chi connectivity index (χ1v) is 7.97. The second-order valence-corrected chi connectivity index (χ2v) is 6.00. The van der Waals surface area contributed by atoms with E-state index < -0.39 is 0 Å². The van der Waals surface area contributed by atoms with Crippen LogP contribution in [0, 0.1) is 0 Å². The fraction of sp³-hybridized carbons (Fsp3) is 0.867. The van der Waals surface area contributed by atoms with E-state index in [4.69, 9.17) is 5.73 Å². The Hall–Kier alpha value is -1.10. The van der Waals surface area contributed by atoms with Gasteiger partial charge in [0.05, 0.1) is 6.04 Å². The van der Waals surface area contributed by atoms with Crippen LogP contribution in [0.1, 0.15) is 51.9 Å². The van der Waals surface area contributed by atoms with Crippen LogP contribution in [0.15, 0.2) is 0 Å². The maximum atomic E-state index is 12.2. The third-order valence-corrected chi connectivity index (χ3v) is 4.49. The molecule has 1 atom stereocenters. The Kier molecular flexibility index (Phi) is 5.40. The number of rotatable bonds is 4. The lowest BCUT2D eigenvalue weighted by Crippen LogP contribution is -2.52. The molecule has 2 saturated heterocycles. The van der Waals surface area contributed by atoms with Crippen molar-refractivity contribution in [1.82, 2.24) is 9.80 Å². The first kappa shape index (κ1) is 15.3. The summed E-state index contributed by atoms with van der Waals surface area (Å²) in [5.74, 6) is 0.374. The molecule has 0 bridgehead atoms. The van der Waals surface area contributed by atoms with E-state index >= 15 is 0 Å². The van der Waals surface area contributed by atoms with E-state index in [2.05, 4.69) is 0 Å². The molecule has 5 heteroatoms. The summed E-state index contributed by atoms with van der Waals surface area (Å²) in [6.07, 6.45) is 6.33. The zero-order valence-corrected chi connectivity index (χ0v) is 12.5. The molecule has 2 fully saturated rings. The molecule has 5 nitrogen and oxygen atoms in total. The van der Waals surface area contributed by atoms with Gasteiger partial charge in [-0.05, 0) is 32.1 Å². The van der Waals surface area contributed by atoms with E-state index in [1.807, 2.05) is 16.7 Å². The Morgan fingerprint density at radius 1 is 1.30 bits per heavy atom. The molecular formula is C15H27N3O2. The van der Waals surface area contributed by atoms with E-state index in [0.717, 1.165) is 58.2 Å². The highest BCUT2D eigenvalue weighted by Crippen LogP contribution is 2.22. The zero-order chi connectivity index (χ0) is 14.5. The lowest BCUT2D eigenvalue weighted by Gasteiger charge is -2.40. The molecule has 0 saturated carbocycles. The van der Waals surface area contributed by atoms with Gasteiger partial charge in [-0.3, -0.25) is 9.59 Å². The summed E-state index contributed by atoms with van der Waals surface area (Å²) in [5.41, 5.74) is 5.90. The fourth-order valence-electron chi connectivity index (χ4n) is 3.28. The molecular weight excluding hydrogens is 254 g/mol. The van der Waals surface area contributed by atoms with Crippen molar-refractivity contribution in [3.8, 4) is 0 Å². The van der Waals surface area contributed by atoms with Crippen LogP contribution >= 0.6 is 0 Å². The first-order chi connectivity index (χ1) is 9.63. The summed E-state index contributed by atoms with van der Waals surface area (Å²) < 4.78 is 0. The van der Waals surface area contributed by atoms with Crippen LogP contribution in [-0.2, 0) is 9.59 Å². The molecule has 0 aromatic rings. The van der Waals surface area contributed by atoms with Crippen LogP contribution in [0.4, 0.5) is 0 Å². The zero-order valence-electron chi connectivity index (χ0n) is 12.5. The third kappa shape index (κ3) is 3.51. The van der Waals surface area contributed by atoms with E-state index in [1.165, 1.54) is 0 Å². The van der Waals surface area contributed by atoms with Crippen molar-refractivity contribution < 1.29 is 9.59 Å². The van der Waals surface area contributed by atoms with Crippen molar-refractivity contribution in [2.24, 2.45) is 5.73 Å². The molecule has 2 heterocycles. The highest BCUT2D eigenvalue weighted by atomic mass is 16.2. The van der Waals surface area contributed by atoms with Gasteiger partial charge in [-0.15, -0.1) is 0 Å². The maximum Gasteiger partial charge on any atom is 0.239 e. The van der Waals surface area contributed by atoms with Gasteiger partial charge in [-0.25, -0.2) is 0 Å². The normalized spacial score (nSPS) is 23.0.